The maximum absolute atomic E-state index is 12.3. The van der Waals surface area contributed by atoms with E-state index in [4.69, 9.17) is 17.3 Å². The third-order valence-electron chi connectivity index (χ3n) is 2.98. The van der Waals surface area contributed by atoms with Gasteiger partial charge in [0, 0.05) is 18.3 Å². The molecule has 2 N–H and O–H groups in total. The smallest absolute Gasteiger partial charge is 0.188 e. The van der Waals surface area contributed by atoms with E-state index in [0.717, 1.165) is 16.4 Å². The summed E-state index contributed by atoms with van der Waals surface area (Å²) in [6.45, 7) is 5.03. The fourth-order valence-electron chi connectivity index (χ4n) is 1.96. The van der Waals surface area contributed by atoms with Crippen molar-refractivity contribution in [3.63, 3.8) is 0 Å². The van der Waals surface area contributed by atoms with E-state index < -0.39 is 0 Å². The van der Waals surface area contributed by atoms with Crippen LogP contribution in [0.25, 0.3) is 0 Å². The van der Waals surface area contributed by atoms with Gasteiger partial charge < -0.3 is 5.73 Å². The number of rotatable bonds is 6. The predicted molar refractivity (Wildman–Crippen MR) is 80.6 cm³/mol. The van der Waals surface area contributed by atoms with E-state index in [9.17, 15) is 4.79 Å². The summed E-state index contributed by atoms with van der Waals surface area (Å²) in [6.07, 6.45) is 0.921. The van der Waals surface area contributed by atoms with Crippen molar-refractivity contribution < 1.29 is 4.79 Å². The van der Waals surface area contributed by atoms with Gasteiger partial charge in [-0.05, 0) is 20.4 Å². The zero-order valence-corrected chi connectivity index (χ0v) is 13.1. The zero-order chi connectivity index (χ0) is 14.7. The molecule has 7 heteroatoms. The third-order valence-corrected chi connectivity index (χ3v) is 4.38. The lowest BCUT2D eigenvalue weighted by Crippen LogP contribution is -2.11. The molecule has 0 aromatic carbocycles. The highest BCUT2D eigenvalue weighted by molar-refractivity contribution is 7.09. The lowest BCUT2D eigenvalue weighted by Gasteiger charge is -2.03. The molecule has 5 nitrogen and oxygen atoms in total. The monoisotopic (exact) mass is 312 g/mol. The highest BCUT2D eigenvalue weighted by Gasteiger charge is 2.18. The lowest BCUT2D eigenvalue weighted by atomic mass is 10.1. The van der Waals surface area contributed by atoms with Gasteiger partial charge in [0.25, 0.3) is 0 Å². The number of hydrogen-bond acceptors (Lipinski definition) is 5. The van der Waals surface area contributed by atoms with Crippen molar-refractivity contribution in [2.24, 2.45) is 5.73 Å². The number of nitrogens with zero attached hydrogens (tertiary/aromatic N) is 3. The molecular weight excluding hydrogens is 296 g/mol. The zero-order valence-electron chi connectivity index (χ0n) is 11.5. The van der Waals surface area contributed by atoms with Gasteiger partial charge in [0.1, 0.15) is 5.69 Å². The molecule has 0 aliphatic heterocycles. The molecule has 0 atom stereocenters. The normalized spacial score (nSPS) is 11.0. The summed E-state index contributed by atoms with van der Waals surface area (Å²) in [7, 11) is 0. The fraction of sp³-hybridized carbons (Fsp3) is 0.462. The molecule has 108 valence electrons. The highest BCUT2D eigenvalue weighted by atomic mass is 35.5. The number of aromatic nitrogens is 3. The standard InChI is InChI=1S/C13H17ClN4OS/c1-3-18-10(13(14)8(2)17-18)6-11(19)9-7-20-12(16-9)4-5-15/h7H,3-6,15H2,1-2H3. The molecule has 0 saturated heterocycles. The van der Waals surface area contributed by atoms with Crippen LogP contribution in [-0.4, -0.2) is 27.1 Å². The van der Waals surface area contributed by atoms with Crippen LogP contribution in [0.2, 0.25) is 5.02 Å². The molecule has 20 heavy (non-hydrogen) atoms. The number of halogens is 1. The molecule has 0 spiro atoms. The first-order chi connectivity index (χ1) is 9.56. The van der Waals surface area contributed by atoms with Gasteiger partial charge in [-0.15, -0.1) is 11.3 Å². The van der Waals surface area contributed by atoms with Crippen LogP contribution in [0, 0.1) is 6.92 Å². The predicted octanol–water partition coefficient (Wildman–Crippen LogP) is 2.25. The number of ketones is 1. The van der Waals surface area contributed by atoms with E-state index in [-0.39, 0.29) is 12.2 Å². The largest absolute Gasteiger partial charge is 0.330 e. The van der Waals surface area contributed by atoms with Gasteiger partial charge in [-0.25, -0.2) is 4.98 Å². The number of carbonyl (C=O) groups excluding carboxylic acids is 1. The van der Waals surface area contributed by atoms with Crippen LogP contribution in [0.5, 0.6) is 0 Å². The first-order valence-electron chi connectivity index (χ1n) is 6.46. The Balaban J connectivity index is 2.18. The van der Waals surface area contributed by atoms with E-state index in [1.807, 2.05) is 13.8 Å². The second-order valence-corrected chi connectivity index (χ2v) is 5.75. The summed E-state index contributed by atoms with van der Waals surface area (Å²) in [5, 5.41) is 7.54. The summed E-state index contributed by atoms with van der Waals surface area (Å²) in [4.78, 5) is 16.6. The van der Waals surface area contributed by atoms with E-state index >= 15 is 0 Å². The van der Waals surface area contributed by atoms with Crippen molar-refractivity contribution in [2.75, 3.05) is 6.54 Å². The third kappa shape index (κ3) is 3.08. The topological polar surface area (TPSA) is 73.8 Å². The molecule has 0 unspecified atom stereocenters. The Bertz CT molecular complexity index is 620. The Morgan fingerprint density at radius 1 is 1.55 bits per heavy atom. The Morgan fingerprint density at radius 2 is 2.30 bits per heavy atom. The van der Waals surface area contributed by atoms with Crippen molar-refractivity contribution in [1.29, 1.82) is 0 Å². The first kappa shape index (κ1) is 15.2. The highest BCUT2D eigenvalue weighted by Crippen LogP contribution is 2.22. The molecule has 0 amide bonds. The maximum Gasteiger partial charge on any atom is 0.188 e. The summed E-state index contributed by atoms with van der Waals surface area (Å²) >= 11 is 7.67. The summed E-state index contributed by atoms with van der Waals surface area (Å²) in [5.74, 6) is -0.0407. The van der Waals surface area contributed by atoms with Gasteiger partial charge in [-0.2, -0.15) is 5.10 Å². The van der Waals surface area contributed by atoms with Crippen LogP contribution in [-0.2, 0) is 19.4 Å². The van der Waals surface area contributed by atoms with Gasteiger partial charge in [0.05, 0.1) is 27.8 Å². The quantitative estimate of drug-likeness (QED) is 0.830. The van der Waals surface area contributed by atoms with Crippen LogP contribution in [0.1, 0.15) is 33.8 Å². The first-order valence-corrected chi connectivity index (χ1v) is 7.72. The second kappa shape index (κ2) is 6.47. The lowest BCUT2D eigenvalue weighted by molar-refractivity contribution is 0.0986. The summed E-state index contributed by atoms with van der Waals surface area (Å²) in [5.41, 5.74) is 7.47. The van der Waals surface area contributed by atoms with Crippen LogP contribution in [0.4, 0.5) is 0 Å². The van der Waals surface area contributed by atoms with Crippen LogP contribution < -0.4 is 5.73 Å². The van der Waals surface area contributed by atoms with Crippen molar-refractivity contribution in [3.8, 4) is 0 Å². The number of carbonyl (C=O) groups is 1. The summed E-state index contributed by atoms with van der Waals surface area (Å²) in [6, 6.07) is 0. The maximum atomic E-state index is 12.3. The number of hydrogen-bond donors (Lipinski definition) is 1. The Kier molecular flexibility index (Phi) is 4.91. The molecule has 2 rings (SSSR count). The van der Waals surface area contributed by atoms with Gasteiger partial charge in [0.2, 0.25) is 0 Å². The molecule has 0 radical (unpaired) electrons. The number of Topliss-reactive ketones (excluding diaryl/α,β-unsaturated/α-hetero) is 1. The second-order valence-electron chi connectivity index (χ2n) is 4.43. The van der Waals surface area contributed by atoms with E-state index in [0.29, 0.717) is 30.2 Å². The number of aryl methyl sites for hydroxylation is 2. The molecular formula is C13H17ClN4OS. The average molecular weight is 313 g/mol. The SMILES string of the molecule is CCn1nc(C)c(Cl)c1CC(=O)c1csc(CCN)n1. The number of nitrogens with two attached hydrogens (primary N) is 1. The van der Waals surface area contributed by atoms with Crippen LogP contribution in [0.3, 0.4) is 0 Å². The Labute approximate surface area is 126 Å². The number of thiazole rings is 1. The van der Waals surface area contributed by atoms with Gasteiger partial charge in [0.15, 0.2) is 5.78 Å². The summed E-state index contributed by atoms with van der Waals surface area (Å²) < 4.78 is 1.77. The van der Waals surface area contributed by atoms with Crippen molar-refractivity contribution in [1.82, 2.24) is 14.8 Å². The molecule has 0 aliphatic carbocycles. The molecule has 0 saturated carbocycles. The minimum atomic E-state index is -0.0407. The molecule has 0 bridgehead atoms. The molecule has 0 fully saturated rings. The molecule has 0 aliphatic rings. The fourth-order valence-corrected chi connectivity index (χ4v) is 2.98. The minimum absolute atomic E-state index is 0.0407. The minimum Gasteiger partial charge on any atom is -0.330 e. The van der Waals surface area contributed by atoms with Gasteiger partial charge in [-0.1, -0.05) is 11.6 Å². The van der Waals surface area contributed by atoms with Crippen LogP contribution >= 0.6 is 22.9 Å². The van der Waals surface area contributed by atoms with Gasteiger partial charge in [-0.3, -0.25) is 9.48 Å². The van der Waals surface area contributed by atoms with E-state index in [1.54, 1.807) is 10.1 Å². The van der Waals surface area contributed by atoms with E-state index in [1.165, 1.54) is 11.3 Å². The molecule has 2 aromatic rings. The Hall–Kier alpha value is -1.24. The van der Waals surface area contributed by atoms with Crippen molar-refractivity contribution in [3.05, 3.63) is 32.5 Å². The van der Waals surface area contributed by atoms with Crippen LogP contribution in [0.15, 0.2) is 5.38 Å². The van der Waals surface area contributed by atoms with Crippen molar-refractivity contribution >= 4 is 28.7 Å². The van der Waals surface area contributed by atoms with Gasteiger partial charge >= 0.3 is 0 Å². The average Bonchev–Trinajstić information content (AvgIpc) is 2.99. The molecule has 2 aromatic heterocycles. The van der Waals surface area contributed by atoms with E-state index in [2.05, 4.69) is 10.1 Å². The molecule has 2 heterocycles. The van der Waals surface area contributed by atoms with Crippen molar-refractivity contribution in [2.45, 2.75) is 33.2 Å². The Morgan fingerprint density at radius 3 is 2.95 bits per heavy atom.